The molecule has 0 saturated carbocycles. The molecule has 0 aromatic carbocycles. The van der Waals surface area contributed by atoms with Crippen molar-refractivity contribution in [1.82, 2.24) is 4.90 Å². The smallest absolute Gasteiger partial charge is 0.352 e. The van der Waals surface area contributed by atoms with Gasteiger partial charge in [0.1, 0.15) is 5.70 Å². The predicted octanol–water partition coefficient (Wildman–Crippen LogP) is 1.36. The van der Waals surface area contributed by atoms with Crippen LogP contribution in [0.1, 0.15) is 27.2 Å². The van der Waals surface area contributed by atoms with Crippen LogP contribution < -0.4 is 0 Å². The largest absolute Gasteiger partial charge is 0.477 e. The molecule has 0 aromatic heterocycles. The number of Topliss-reactive ketones (excluding diaryl/α,β-unsaturated/α-hetero) is 1. The molecule has 1 rings (SSSR count). The van der Waals surface area contributed by atoms with Gasteiger partial charge in [0.15, 0.2) is 0 Å². The Bertz CT molecular complexity index is 446. The van der Waals surface area contributed by atoms with Crippen molar-refractivity contribution in [2.45, 2.75) is 27.2 Å². The van der Waals surface area contributed by atoms with Crippen molar-refractivity contribution in [3.8, 4) is 0 Å². The van der Waals surface area contributed by atoms with Gasteiger partial charge in [-0.15, -0.1) is 0 Å². The lowest BCUT2D eigenvalue weighted by Gasteiger charge is -2.27. The van der Waals surface area contributed by atoms with E-state index in [1.54, 1.807) is 26.0 Å². The first-order valence-electron chi connectivity index (χ1n) is 5.77. The lowest BCUT2D eigenvalue weighted by molar-refractivity contribution is -0.149. The van der Waals surface area contributed by atoms with Gasteiger partial charge in [0.05, 0.1) is 0 Å². The first kappa shape index (κ1) is 14.2. The number of carboxylic acid groups (broad SMARTS) is 1. The van der Waals surface area contributed by atoms with E-state index in [0.717, 1.165) is 4.90 Å². The number of amides is 1. The third kappa shape index (κ3) is 2.67. The van der Waals surface area contributed by atoms with Crippen molar-refractivity contribution in [2.75, 3.05) is 6.54 Å². The Kier molecular flexibility index (Phi) is 4.06. The molecule has 0 aliphatic carbocycles. The van der Waals surface area contributed by atoms with Gasteiger partial charge in [-0.2, -0.15) is 0 Å². The number of nitrogens with zero attached hydrogens (tertiary/aromatic N) is 1. The van der Waals surface area contributed by atoms with E-state index in [4.69, 9.17) is 5.11 Å². The van der Waals surface area contributed by atoms with Crippen molar-refractivity contribution in [2.24, 2.45) is 5.41 Å². The van der Waals surface area contributed by atoms with Gasteiger partial charge in [-0.3, -0.25) is 14.5 Å². The van der Waals surface area contributed by atoms with E-state index in [1.165, 1.54) is 6.08 Å². The summed E-state index contributed by atoms with van der Waals surface area (Å²) in [4.78, 5) is 36.1. The average Bonchev–Trinajstić information content (AvgIpc) is 2.36. The lowest BCUT2D eigenvalue weighted by Crippen LogP contribution is -2.44. The summed E-state index contributed by atoms with van der Waals surface area (Å²) in [5.41, 5.74) is -0.940. The zero-order valence-electron chi connectivity index (χ0n) is 10.8. The average molecular weight is 251 g/mol. The normalized spacial score (nSPS) is 15.3. The van der Waals surface area contributed by atoms with E-state index in [9.17, 15) is 14.4 Å². The molecule has 0 atom stereocenters. The maximum absolute atomic E-state index is 12.1. The minimum atomic E-state index is -1.21. The number of carbonyl (C=O) groups excluding carboxylic acids is 2. The fourth-order valence-corrected chi connectivity index (χ4v) is 1.47. The standard InChI is InChI=1S/C13H17NO4/c1-4-13(2,3)10(15)11(16)14-8-6-5-7-9(14)12(17)18/h5-7H,4,8H2,1-3H3,(H,17,18). The number of allylic oxidation sites excluding steroid dienone is 2. The molecular formula is C13H17NO4. The Labute approximate surface area is 106 Å². The lowest BCUT2D eigenvalue weighted by atomic mass is 9.84. The van der Waals surface area contributed by atoms with Crippen LogP contribution in [-0.4, -0.2) is 34.2 Å². The molecule has 1 amide bonds. The third-order valence-corrected chi connectivity index (χ3v) is 3.13. The SMILES string of the molecule is CCC(C)(C)C(=O)C(=O)N1CC=CC=C1C(=O)O. The van der Waals surface area contributed by atoms with E-state index in [2.05, 4.69) is 0 Å². The Morgan fingerprint density at radius 1 is 1.39 bits per heavy atom. The van der Waals surface area contributed by atoms with Crippen molar-refractivity contribution >= 4 is 17.7 Å². The predicted molar refractivity (Wildman–Crippen MR) is 65.7 cm³/mol. The van der Waals surface area contributed by atoms with Crippen molar-refractivity contribution in [3.63, 3.8) is 0 Å². The second-order valence-corrected chi connectivity index (χ2v) is 4.77. The minimum Gasteiger partial charge on any atom is -0.477 e. The molecule has 0 bridgehead atoms. The molecule has 0 radical (unpaired) electrons. The molecule has 98 valence electrons. The number of carboxylic acids is 1. The highest BCUT2D eigenvalue weighted by molar-refractivity contribution is 6.38. The minimum absolute atomic E-state index is 0.114. The Morgan fingerprint density at radius 3 is 2.50 bits per heavy atom. The van der Waals surface area contributed by atoms with Crippen LogP contribution in [0.15, 0.2) is 23.9 Å². The van der Waals surface area contributed by atoms with E-state index in [0.29, 0.717) is 6.42 Å². The van der Waals surface area contributed by atoms with Gasteiger partial charge in [0.2, 0.25) is 5.78 Å². The van der Waals surface area contributed by atoms with Crippen molar-refractivity contribution in [1.29, 1.82) is 0 Å². The molecule has 0 aromatic rings. The zero-order chi connectivity index (χ0) is 13.9. The summed E-state index contributed by atoms with van der Waals surface area (Å²) < 4.78 is 0. The van der Waals surface area contributed by atoms with Crippen LogP contribution in [0.5, 0.6) is 0 Å². The summed E-state index contributed by atoms with van der Waals surface area (Å²) >= 11 is 0. The Balaban J connectivity index is 2.98. The van der Waals surface area contributed by atoms with Crippen LogP contribution >= 0.6 is 0 Å². The van der Waals surface area contributed by atoms with Gasteiger partial charge in [-0.1, -0.05) is 32.9 Å². The van der Waals surface area contributed by atoms with Crippen LogP contribution in [0.4, 0.5) is 0 Å². The molecule has 1 heterocycles. The number of carbonyl (C=O) groups is 3. The van der Waals surface area contributed by atoms with Crippen molar-refractivity contribution in [3.05, 3.63) is 23.9 Å². The highest BCUT2D eigenvalue weighted by atomic mass is 16.4. The van der Waals surface area contributed by atoms with Crippen LogP contribution in [0, 0.1) is 5.41 Å². The maximum Gasteiger partial charge on any atom is 0.352 e. The number of ketones is 1. The number of hydrogen-bond donors (Lipinski definition) is 1. The molecule has 0 saturated heterocycles. The molecule has 5 heteroatoms. The second-order valence-electron chi connectivity index (χ2n) is 4.77. The fourth-order valence-electron chi connectivity index (χ4n) is 1.47. The molecule has 0 unspecified atom stereocenters. The number of aliphatic carboxylic acids is 1. The molecule has 1 aliphatic rings. The summed E-state index contributed by atoms with van der Waals surface area (Å²) in [6.07, 6.45) is 5.03. The van der Waals surface area contributed by atoms with Gasteiger partial charge in [0.25, 0.3) is 5.91 Å². The van der Waals surface area contributed by atoms with Crippen LogP contribution in [-0.2, 0) is 14.4 Å². The number of rotatable bonds is 4. The number of hydrogen-bond acceptors (Lipinski definition) is 3. The monoisotopic (exact) mass is 251 g/mol. The molecule has 1 N–H and O–H groups in total. The summed E-state index contributed by atoms with van der Waals surface area (Å²) in [5, 5.41) is 8.99. The molecule has 0 spiro atoms. The van der Waals surface area contributed by atoms with Gasteiger partial charge >= 0.3 is 5.97 Å². The highest BCUT2D eigenvalue weighted by Crippen LogP contribution is 2.23. The van der Waals surface area contributed by atoms with Crippen molar-refractivity contribution < 1.29 is 19.5 Å². The second kappa shape index (κ2) is 5.16. The van der Waals surface area contributed by atoms with E-state index >= 15 is 0 Å². The molecule has 1 aliphatic heterocycles. The van der Waals surface area contributed by atoms with Crippen LogP contribution in [0.3, 0.4) is 0 Å². The quantitative estimate of drug-likeness (QED) is 0.765. The van der Waals surface area contributed by atoms with Crippen LogP contribution in [0.2, 0.25) is 0 Å². The summed E-state index contributed by atoms with van der Waals surface area (Å²) in [6.45, 7) is 5.28. The molecular weight excluding hydrogens is 234 g/mol. The molecule has 0 fully saturated rings. The van der Waals surface area contributed by atoms with Gasteiger partial charge in [-0.05, 0) is 12.5 Å². The summed E-state index contributed by atoms with van der Waals surface area (Å²) in [7, 11) is 0. The van der Waals surface area contributed by atoms with E-state index in [-0.39, 0.29) is 12.2 Å². The van der Waals surface area contributed by atoms with Gasteiger partial charge in [-0.25, -0.2) is 4.79 Å². The topological polar surface area (TPSA) is 74.7 Å². The van der Waals surface area contributed by atoms with Gasteiger partial charge in [0, 0.05) is 12.0 Å². The Morgan fingerprint density at radius 2 is 2.00 bits per heavy atom. The summed E-state index contributed by atoms with van der Waals surface area (Å²) in [5.74, 6) is -2.54. The molecule has 5 nitrogen and oxygen atoms in total. The highest BCUT2D eigenvalue weighted by Gasteiger charge is 2.36. The van der Waals surface area contributed by atoms with Gasteiger partial charge < -0.3 is 5.11 Å². The van der Waals surface area contributed by atoms with E-state index < -0.39 is 23.1 Å². The fraction of sp³-hybridized carbons (Fsp3) is 0.462. The summed E-state index contributed by atoms with van der Waals surface area (Å²) in [6, 6.07) is 0. The Hall–Kier alpha value is -1.91. The van der Waals surface area contributed by atoms with E-state index in [1.807, 2.05) is 6.92 Å². The zero-order valence-corrected chi connectivity index (χ0v) is 10.8. The first-order valence-corrected chi connectivity index (χ1v) is 5.77. The maximum atomic E-state index is 12.1. The van der Waals surface area contributed by atoms with Crippen LogP contribution in [0.25, 0.3) is 0 Å². The molecule has 18 heavy (non-hydrogen) atoms. The first-order chi connectivity index (χ1) is 8.31. The third-order valence-electron chi connectivity index (χ3n) is 3.13.